The highest BCUT2D eigenvalue weighted by atomic mass is 79.9. The standard InChI is InChI=1S/C13H10BrFN2O5S/c14-11-5-9(15)2-1-8(11)7-22-13-4-3-10(23(16,20)21)6-12(13)17(18)19/h1-6H,7H2,(H2,16,20,21). The summed E-state index contributed by atoms with van der Waals surface area (Å²) in [5.74, 6) is -0.567. The van der Waals surface area contributed by atoms with Crippen molar-refractivity contribution in [1.29, 1.82) is 0 Å². The van der Waals surface area contributed by atoms with E-state index in [1.54, 1.807) is 0 Å². The van der Waals surface area contributed by atoms with Crippen LogP contribution in [-0.4, -0.2) is 13.3 Å². The number of hydrogen-bond donors (Lipinski definition) is 1. The van der Waals surface area contributed by atoms with Crippen molar-refractivity contribution in [3.63, 3.8) is 0 Å². The number of ether oxygens (including phenoxy) is 1. The van der Waals surface area contributed by atoms with Crippen LogP contribution in [0.15, 0.2) is 45.8 Å². The summed E-state index contributed by atoms with van der Waals surface area (Å²) in [4.78, 5) is 9.89. The lowest BCUT2D eigenvalue weighted by atomic mass is 10.2. The normalized spacial score (nSPS) is 11.3. The maximum atomic E-state index is 13.0. The third kappa shape index (κ3) is 4.24. The lowest BCUT2D eigenvalue weighted by Gasteiger charge is -2.09. The van der Waals surface area contributed by atoms with Crippen LogP contribution in [0.4, 0.5) is 10.1 Å². The molecule has 0 atom stereocenters. The number of nitrogens with zero attached hydrogens (tertiary/aromatic N) is 1. The van der Waals surface area contributed by atoms with Crippen molar-refractivity contribution in [2.24, 2.45) is 5.14 Å². The molecule has 0 aliphatic heterocycles. The van der Waals surface area contributed by atoms with E-state index in [9.17, 15) is 22.9 Å². The maximum Gasteiger partial charge on any atom is 0.312 e. The zero-order chi connectivity index (χ0) is 17.2. The molecule has 0 spiro atoms. The second kappa shape index (κ2) is 6.60. The van der Waals surface area contributed by atoms with Crippen molar-refractivity contribution in [2.75, 3.05) is 0 Å². The molecule has 7 nitrogen and oxygen atoms in total. The van der Waals surface area contributed by atoms with Gasteiger partial charge in [0.25, 0.3) is 0 Å². The fourth-order valence-corrected chi connectivity index (χ4v) is 2.73. The minimum atomic E-state index is -4.06. The summed E-state index contributed by atoms with van der Waals surface area (Å²) in [6.45, 7) is -0.0730. The molecule has 10 heteroatoms. The molecule has 0 saturated carbocycles. The highest BCUT2D eigenvalue weighted by Gasteiger charge is 2.20. The second-order valence-corrected chi connectivity index (χ2v) is 6.87. The van der Waals surface area contributed by atoms with Crippen LogP contribution < -0.4 is 9.88 Å². The van der Waals surface area contributed by atoms with Gasteiger partial charge in [0.15, 0.2) is 5.75 Å². The Labute approximate surface area is 139 Å². The van der Waals surface area contributed by atoms with E-state index < -0.39 is 26.5 Å². The highest BCUT2D eigenvalue weighted by Crippen LogP contribution is 2.30. The van der Waals surface area contributed by atoms with E-state index in [-0.39, 0.29) is 17.3 Å². The van der Waals surface area contributed by atoms with Crippen LogP contribution in [0.25, 0.3) is 0 Å². The van der Waals surface area contributed by atoms with Crippen molar-refractivity contribution in [1.82, 2.24) is 0 Å². The van der Waals surface area contributed by atoms with E-state index in [1.807, 2.05) is 0 Å². The largest absolute Gasteiger partial charge is 0.482 e. The summed E-state index contributed by atoms with van der Waals surface area (Å²) in [7, 11) is -4.06. The molecule has 0 radical (unpaired) electrons. The predicted octanol–water partition coefficient (Wildman–Crippen LogP) is 2.72. The average Bonchev–Trinajstić information content (AvgIpc) is 2.45. The van der Waals surface area contributed by atoms with Crippen LogP contribution >= 0.6 is 15.9 Å². The van der Waals surface area contributed by atoms with E-state index in [0.717, 1.165) is 18.2 Å². The van der Waals surface area contributed by atoms with Gasteiger partial charge in [0.1, 0.15) is 12.4 Å². The monoisotopic (exact) mass is 404 g/mol. The fourth-order valence-electron chi connectivity index (χ4n) is 1.73. The van der Waals surface area contributed by atoms with Crippen LogP contribution in [0.5, 0.6) is 5.75 Å². The zero-order valence-electron chi connectivity index (χ0n) is 11.4. The van der Waals surface area contributed by atoms with E-state index in [0.29, 0.717) is 10.0 Å². The van der Waals surface area contributed by atoms with E-state index >= 15 is 0 Å². The van der Waals surface area contributed by atoms with Crippen LogP contribution in [0.1, 0.15) is 5.56 Å². The van der Waals surface area contributed by atoms with Crippen LogP contribution in [-0.2, 0) is 16.6 Å². The van der Waals surface area contributed by atoms with Gasteiger partial charge in [-0.3, -0.25) is 10.1 Å². The zero-order valence-corrected chi connectivity index (χ0v) is 13.8. The Kier molecular flexibility index (Phi) is 4.97. The molecule has 0 saturated heterocycles. The molecule has 0 amide bonds. The number of nitrogens with two attached hydrogens (primary N) is 1. The molecule has 0 fully saturated rings. The number of primary sulfonamides is 1. The minimum absolute atomic E-state index is 0.0730. The molecule has 0 unspecified atom stereocenters. The quantitative estimate of drug-likeness (QED) is 0.607. The molecular formula is C13H10BrFN2O5S. The van der Waals surface area contributed by atoms with Crippen molar-refractivity contribution in [2.45, 2.75) is 11.5 Å². The van der Waals surface area contributed by atoms with Crippen molar-refractivity contribution >= 4 is 31.6 Å². The molecule has 0 aromatic heterocycles. The predicted molar refractivity (Wildman–Crippen MR) is 82.9 cm³/mol. The SMILES string of the molecule is NS(=O)(=O)c1ccc(OCc2ccc(F)cc2Br)c([N+](=O)[O-])c1. The van der Waals surface area contributed by atoms with Gasteiger partial charge in [-0.15, -0.1) is 0 Å². The number of hydrogen-bond acceptors (Lipinski definition) is 5. The Morgan fingerprint density at radius 3 is 2.52 bits per heavy atom. The van der Waals surface area contributed by atoms with Gasteiger partial charge in [0, 0.05) is 16.1 Å². The number of sulfonamides is 1. The first-order valence-electron chi connectivity index (χ1n) is 6.06. The smallest absolute Gasteiger partial charge is 0.312 e. The topological polar surface area (TPSA) is 113 Å². The molecule has 0 aliphatic rings. The molecular weight excluding hydrogens is 395 g/mol. The lowest BCUT2D eigenvalue weighted by molar-refractivity contribution is -0.386. The summed E-state index contributed by atoms with van der Waals surface area (Å²) >= 11 is 3.16. The van der Waals surface area contributed by atoms with Gasteiger partial charge in [-0.2, -0.15) is 0 Å². The Morgan fingerprint density at radius 2 is 1.96 bits per heavy atom. The summed E-state index contributed by atoms with van der Waals surface area (Å²) in [5, 5.41) is 16.0. The Bertz CT molecular complexity index is 873. The molecule has 2 aromatic rings. The maximum absolute atomic E-state index is 13.0. The molecule has 2 N–H and O–H groups in total. The van der Waals surface area contributed by atoms with Gasteiger partial charge in [0.05, 0.1) is 9.82 Å². The molecule has 23 heavy (non-hydrogen) atoms. The molecule has 0 bridgehead atoms. The van der Waals surface area contributed by atoms with Crippen LogP contribution in [0, 0.1) is 15.9 Å². The first-order chi connectivity index (χ1) is 10.7. The summed E-state index contributed by atoms with van der Waals surface area (Å²) in [5.41, 5.74) is 0.0333. The lowest BCUT2D eigenvalue weighted by Crippen LogP contribution is -2.12. The minimum Gasteiger partial charge on any atom is -0.482 e. The van der Waals surface area contributed by atoms with Gasteiger partial charge in [-0.1, -0.05) is 22.0 Å². The Morgan fingerprint density at radius 1 is 1.26 bits per heavy atom. The fraction of sp³-hybridized carbons (Fsp3) is 0.0769. The van der Waals surface area contributed by atoms with Crippen LogP contribution in [0.3, 0.4) is 0 Å². The molecule has 2 aromatic carbocycles. The summed E-state index contributed by atoms with van der Waals surface area (Å²) in [6.07, 6.45) is 0. The number of halogens is 2. The number of nitro benzene ring substituents is 1. The molecule has 122 valence electrons. The molecule has 0 heterocycles. The average molecular weight is 405 g/mol. The Balaban J connectivity index is 2.31. The third-order valence-corrected chi connectivity index (χ3v) is 4.50. The number of rotatable bonds is 5. The van der Waals surface area contributed by atoms with Crippen LogP contribution in [0.2, 0.25) is 0 Å². The molecule has 0 aliphatic carbocycles. The van der Waals surface area contributed by atoms with Gasteiger partial charge >= 0.3 is 5.69 Å². The number of nitro groups is 1. The van der Waals surface area contributed by atoms with E-state index in [1.165, 1.54) is 18.2 Å². The van der Waals surface area contributed by atoms with E-state index in [4.69, 9.17) is 9.88 Å². The third-order valence-electron chi connectivity index (χ3n) is 2.85. The van der Waals surface area contributed by atoms with Gasteiger partial charge in [-0.25, -0.2) is 17.9 Å². The molecule has 2 rings (SSSR count). The first kappa shape index (κ1) is 17.3. The van der Waals surface area contributed by atoms with Gasteiger partial charge in [0.2, 0.25) is 10.0 Å². The highest BCUT2D eigenvalue weighted by molar-refractivity contribution is 9.10. The van der Waals surface area contributed by atoms with Crippen molar-refractivity contribution in [3.8, 4) is 5.75 Å². The van der Waals surface area contributed by atoms with Gasteiger partial charge < -0.3 is 4.74 Å². The van der Waals surface area contributed by atoms with Gasteiger partial charge in [-0.05, 0) is 24.3 Å². The van der Waals surface area contributed by atoms with E-state index in [2.05, 4.69) is 15.9 Å². The Hall–Kier alpha value is -2.04. The van der Waals surface area contributed by atoms with Crippen molar-refractivity contribution in [3.05, 3.63) is 62.4 Å². The second-order valence-electron chi connectivity index (χ2n) is 4.46. The van der Waals surface area contributed by atoms with Crippen molar-refractivity contribution < 1.29 is 22.5 Å². The number of benzene rings is 2. The summed E-state index contributed by atoms with van der Waals surface area (Å²) < 4.78 is 41.3. The summed E-state index contributed by atoms with van der Waals surface area (Å²) in [6, 6.07) is 7.00. The first-order valence-corrected chi connectivity index (χ1v) is 8.40.